The highest BCUT2D eigenvalue weighted by atomic mass is 35.5. The molecule has 0 aliphatic carbocycles. The lowest BCUT2D eigenvalue weighted by Crippen LogP contribution is -2.40. The number of hydrogen-bond acceptors (Lipinski definition) is 10. The Labute approximate surface area is 279 Å². The first-order valence-corrected chi connectivity index (χ1v) is 14.5. The van der Waals surface area contributed by atoms with Gasteiger partial charge >= 0.3 is 24.6 Å². The number of carbonyl (C=O) groups is 4. The summed E-state index contributed by atoms with van der Waals surface area (Å²) in [6.45, 7) is 7.27. The molecule has 260 valence electrons. The molecule has 49 heavy (non-hydrogen) atoms. The maximum atomic E-state index is 14.9. The summed E-state index contributed by atoms with van der Waals surface area (Å²) in [6.07, 6.45) is -6.58. The second-order valence-corrected chi connectivity index (χ2v) is 11.4. The molecule has 0 fully saturated rings. The van der Waals surface area contributed by atoms with E-state index in [4.69, 9.17) is 21.1 Å². The van der Waals surface area contributed by atoms with Crippen molar-refractivity contribution in [3.05, 3.63) is 71.4 Å². The number of carboxylic acid groups (broad SMARTS) is 1. The largest absolute Gasteiger partial charge is 0.573 e. The molecule has 19 heteroatoms. The average molecular weight is 711 g/mol. The number of carbonyl (C=O) groups excluding carboxylic acids is 3. The summed E-state index contributed by atoms with van der Waals surface area (Å²) in [4.78, 5) is 60.4. The summed E-state index contributed by atoms with van der Waals surface area (Å²) in [5.74, 6) is -3.40. The van der Waals surface area contributed by atoms with E-state index in [-0.39, 0.29) is 27.4 Å². The summed E-state index contributed by atoms with van der Waals surface area (Å²) in [7, 11) is 0. The van der Waals surface area contributed by atoms with Gasteiger partial charge in [0.1, 0.15) is 17.2 Å². The molecule has 1 aromatic carbocycles. The Balaban J connectivity index is 1.73. The summed E-state index contributed by atoms with van der Waals surface area (Å²) in [5, 5.41) is 13.7. The van der Waals surface area contributed by atoms with Gasteiger partial charge in [0.05, 0.1) is 17.3 Å². The molecule has 0 saturated carbocycles. The first-order chi connectivity index (χ1) is 22.8. The van der Waals surface area contributed by atoms with Crippen molar-refractivity contribution in [2.75, 3.05) is 11.0 Å². The molecule has 4 rings (SSSR count). The fraction of sp³-hybridized carbons (Fsp3) is 0.300. The Morgan fingerprint density at radius 1 is 1.04 bits per heavy atom. The van der Waals surface area contributed by atoms with E-state index >= 15 is 0 Å². The zero-order valence-corrected chi connectivity index (χ0v) is 27.0. The highest BCUT2D eigenvalue weighted by Crippen LogP contribution is 2.32. The number of pyridine rings is 2. The molecule has 4 aromatic rings. The summed E-state index contributed by atoms with van der Waals surface area (Å²) >= 11 is 5.55. The molecule has 0 spiro atoms. The van der Waals surface area contributed by atoms with E-state index in [1.165, 1.54) is 49.0 Å². The first kappa shape index (κ1) is 36.3. The zero-order valence-electron chi connectivity index (χ0n) is 26.3. The van der Waals surface area contributed by atoms with Gasteiger partial charge in [-0.2, -0.15) is 4.98 Å². The molecule has 3 heterocycles. The second-order valence-electron chi connectivity index (χ2n) is 11.2. The molecule has 1 N–H and O–H groups in total. The van der Waals surface area contributed by atoms with Gasteiger partial charge in [-0.15, -0.1) is 23.2 Å². The van der Waals surface area contributed by atoms with Crippen molar-refractivity contribution < 1.29 is 56.1 Å². The molecular weight excluding hydrogens is 684 g/mol. The van der Waals surface area contributed by atoms with Gasteiger partial charge in [0.2, 0.25) is 0 Å². The number of fused-ring (bicyclic) bond motifs is 1. The number of hydrogen-bond donors (Lipinski definition) is 1. The fourth-order valence-corrected chi connectivity index (χ4v) is 4.54. The molecule has 0 aliphatic rings. The van der Waals surface area contributed by atoms with Crippen molar-refractivity contribution >= 4 is 47.4 Å². The number of alkyl halides is 4. The molecule has 14 nitrogen and oxygen atoms in total. The van der Waals surface area contributed by atoms with Crippen molar-refractivity contribution in [1.29, 1.82) is 0 Å². The molecule has 0 radical (unpaired) electrons. The van der Waals surface area contributed by atoms with Gasteiger partial charge in [-0.3, -0.25) is 9.78 Å². The van der Waals surface area contributed by atoms with Crippen LogP contribution in [-0.4, -0.2) is 71.8 Å². The number of amides is 4. The predicted molar refractivity (Wildman–Crippen MR) is 163 cm³/mol. The molecule has 0 saturated heterocycles. The van der Waals surface area contributed by atoms with Crippen LogP contribution >= 0.6 is 11.6 Å². The van der Waals surface area contributed by atoms with Crippen LogP contribution in [0.1, 0.15) is 55.4 Å². The minimum Gasteiger partial charge on any atom is -0.464 e. The van der Waals surface area contributed by atoms with E-state index in [0.717, 1.165) is 6.07 Å². The van der Waals surface area contributed by atoms with Crippen LogP contribution < -0.4 is 9.64 Å². The van der Waals surface area contributed by atoms with Crippen LogP contribution in [0.15, 0.2) is 48.8 Å². The van der Waals surface area contributed by atoms with E-state index in [2.05, 4.69) is 19.8 Å². The number of benzene rings is 1. The molecule has 3 aromatic heterocycles. The van der Waals surface area contributed by atoms with Crippen molar-refractivity contribution in [3.8, 4) is 16.9 Å². The molecule has 0 aliphatic heterocycles. The Morgan fingerprint density at radius 3 is 2.35 bits per heavy atom. The zero-order chi connectivity index (χ0) is 36.4. The number of ether oxygens (including phenoxy) is 3. The minimum atomic E-state index is -5.10. The molecule has 1 unspecified atom stereocenters. The Kier molecular flexibility index (Phi) is 10.3. The monoisotopic (exact) mass is 710 g/mol. The summed E-state index contributed by atoms with van der Waals surface area (Å²) in [6, 6.07) is 4.15. The van der Waals surface area contributed by atoms with E-state index in [0.29, 0.717) is 22.6 Å². The lowest BCUT2D eigenvalue weighted by Gasteiger charge is -2.28. The fourth-order valence-electron chi connectivity index (χ4n) is 4.45. The van der Waals surface area contributed by atoms with Crippen LogP contribution in [-0.2, 0) is 9.47 Å². The number of imide groups is 2. The van der Waals surface area contributed by atoms with Gasteiger partial charge in [-0.05, 0) is 76.6 Å². The van der Waals surface area contributed by atoms with Gasteiger partial charge in [0.15, 0.2) is 11.7 Å². The Bertz CT molecular complexity index is 1930. The third-order valence-electron chi connectivity index (χ3n) is 6.58. The third-order valence-corrected chi connectivity index (χ3v) is 6.69. The van der Waals surface area contributed by atoms with Gasteiger partial charge in [-0.1, -0.05) is 11.6 Å². The van der Waals surface area contributed by atoms with E-state index < -0.39 is 71.3 Å². The van der Waals surface area contributed by atoms with Crippen molar-refractivity contribution in [1.82, 2.24) is 24.5 Å². The number of halogens is 5. The van der Waals surface area contributed by atoms with Crippen LogP contribution in [0.3, 0.4) is 0 Å². The van der Waals surface area contributed by atoms with Crippen LogP contribution in [0.2, 0.25) is 0 Å². The van der Waals surface area contributed by atoms with E-state index in [9.17, 15) is 41.8 Å². The summed E-state index contributed by atoms with van der Waals surface area (Å²) < 4.78 is 68.4. The number of nitrogens with zero attached hydrogens (tertiary/aromatic N) is 6. The van der Waals surface area contributed by atoms with Crippen molar-refractivity contribution in [2.24, 2.45) is 0 Å². The Hall–Kier alpha value is -5.52. The molecule has 1 atom stereocenters. The molecule has 0 bridgehead atoms. The lowest BCUT2D eigenvalue weighted by atomic mass is 10.0. The highest BCUT2D eigenvalue weighted by Gasteiger charge is 2.36. The van der Waals surface area contributed by atoms with E-state index in [1.54, 1.807) is 20.8 Å². The molecule has 4 amide bonds. The second kappa shape index (κ2) is 13.9. The number of anilines is 1. The van der Waals surface area contributed by atoms with Crippen LogP contribution in [0, 0.1) is 12.7 Å². The highest BCUT2D eigenvalue weighted by molar-refractivity contribution is 6.17. The van der Waals surface area contributed by atoms with Gasteiger partial charge in [-0.25, -0.2) is 28.2 Å². The summed E-state index contributed by atoms with van der Waals surface area (Å²) in [5.41, 5.74) is -0.848. The van der Waals surface area contributed by atoms with Crippen molar-refractivity contribution in [2.45, 2.75) is 52.6 Å². The van der Waals surface area contributed by atoms with Crippen LogP contribution in [0.4, 0.5) is 37.9 Å². The maximum Gasteiger partial charge on any atom is 0.573 e. The predicted octanol–water partition coefficient (Wildman–Crippen LogP) is 7.09. The average Bonchev–Trinajstić information content (AvgIpc) is 3.39. The minimum absolute atomic E-state index is 0.0770. The van der Waals surface area contributed by atoms with Crippen LogP contribution in [0.25, 0.3) is 16.8 Å². The van der Waals surface area contributed by atoms with Gasteiger partial charge in [0.25, 0.3) is 11.9 Å². The standard InChI is InChI=1S/C30H27ClF4N6O8/c1-15-20(24(42)40(27(45)47-14-31)16(2)21-12-19(6-7-22(21)32)48-30(33,34)35)10-18(13-36-15)17-8-9-39-23(11-17)37-25(38-39)41(26(43)44)28(46)49-29(3,4)5/h6-13,16H,14H2,1-5H3,(H,43,44). The smallest absolute Gasteiger partial charge is 0.464 e. The maximum absolute atomic E-state index is 14.9. The Morgan fingerprint density at radius 2 is 1.73 bits per heavy atom. The number of rotatable bonds is 7. The molecular formula is C30H27ClF4N6O8. The normalized spacial score (nSPS) is 12.3. The topological polar surface area (TPSA) is 166 Å². The number of aromatic nitrogens is 4. The first-order valence-electron chi connectivity index (χ1n) is 14.0. The van der Waals surface area contributed by atoms with Gasteiger partial charge < -0.3 is 19.3 Å². The lowest BCUT2D eigenvalue weighted by molar-refractivity contribution is -0.274. The van der Waals surface area contributed by atoms with Gasteiger partial charge in [0, 0.05) is 23.5 Å². The SMILES string of the molecule is Cc1ncc(-c2ccn3nc(N(C(=O)O)C(=O)OC(C)(C)C)nc3c2)cc1C(=O)N(C(=O)OCCl)C(C)c1cc(OC(F)(F)F)ccc1F. The van der Waals surface area contributed by atoms with Crippen LogP contribution in [0.5, 0.6) is 5.75 Å². The van der Waals surface area contributed by atoms with E-state index in [1.807, 2.05) is 0 Å². The van der Waals surface area contributed by atoms with Crippen molar-refractivity contribution in [3.63, 3.8) is 0 Å². The third kappa shape index (κ3) is 8.50. The number of aryl methyl sites for hydroxylation is 1. The quantitative estimate of drug-likeness (QED) is 0.154.